The third kappa shape index (κ3) is 3.27. The van der Waals surface area contributed by atoms with Crippen LogP contribution in [0, 0.1) is 20.8 Å². The average Bonchev–Trinajstić information content (AvgIpc) is 2.56. The molecule has 0 amide bonds. The van der Waals surface area contributed by atoms with Gasteiger partial charge in [0.15, 0.2) is 0 Å². The summed E-state index contributed by atoms with van der Waals surface area (Å²) in [4.78, 5) is 0. The van der Waals surface area contributed by atoms with Gasteiger partial charge < -0.3 is 0 Å². The molecule has 0 radical (unpaired) electrons. The Morgan fingerprint density at radius 3 is 0.913 bits per heavy atom. The summed E-state index contributed by atoms with van der Waals surface area (Å²) < 4.78 is 0. The summed E-state index contributed by atoms with van der Waals surface area (Å²) in [6.45, 7) is 6.41. The van der Waals surface area contributed by atoms with Crippen LogP contribution in [-0.2, 0) is 0 Å². The van der Waals surface area contributed by atoms with E-state index in [1.54, 1.807) is 0 Å². The predicted molar refractivity (Wildman–Crippen MR) is 110 cm³/mol. The van der Waals surface area contributed by atoms with Crippen molar-refractivity contribution in [2.24, 2.45) is 0 Å². The van der Waals surface area contributed by atoms with Gasteiger partial charge in [-0.15, -0.1) is 0 Å². The van der Waals surface area contributed by atoms with Crippen molar-refractivity contribution in [3.05, 3.63) is 89.5 Å². The van der Waals surface area contributed by atoms with Crippen molar-refractivity contribution >= 4 is 37.4 Å². The standard InChI is InChI=1S/C21H22BrP/c1-16-4-10-19(11-5-16)23(22,20-12-6-17(2)7-13-20)21-14-8-18(3)9-15-21/h4-15,23H,1-3H3. The van der Waals surface area contributed by atoms with Crippen LogP contribution in [0.4, 0.5) is 0 Å². The molecule has 0 heterocycles. The quantitative estimate of drug-likeness (QED) is 0.560. The summed E-state index contributed by atoms with van der Waals surface area (Å²) in [6.07, 6.45) is 0. The molecule has 0 atom stereocenters. The molecule has 0 bridgehead atoms. The second-order valence-electron chi connectivity index (χ2n) is 6.26. The maximum absolute atomic E-state index is 4.22. The Balaban J connectivity index is 2.21. The monoisotopic (exact) mass is 384 g/mol. The molecule has 0 aliphatic heterocycles. The molecule has 3 rings (SSSR count). The second-order valence-corrected chi connectivity index (χ2v) is 12.9. The van der Waals surface area contributed by atoms with Gasteiger partial charge in [0, 0.05) is 0 Å². The third-order valence-electron chi connectivity index (χ3n) is 4.35. The molecule has 3 aromatic rings. The van der Waals surface area contributed by atoms with Crippen molar-refractivity contribution in [2.75, 3.05) is 0 Å². The van der Waals surface area contributed by atoms with Gasteiger partial charge in [0.05, 0.1) is 0 Å². The summed E-state index contributed by atoms with van der Waals surface area (Å²) in [6, 6.07) is 26.9. The van der Waals surface area contributed by atoms with Crippen LogP contribution in [0.15, 0.2) is 72.8 Å². The Labute approximate surface area is 147 Å². The summed E-state index contributed by atoms with van der Waals surface area (Å²) in [7, 11) is 0. The van der Waals surface area contributed by atoms with Crippen molar-refractivity contribution in [2.45, 2.75) is 20.8 Å². The van der Waals surface area contributed by atoms with Gasteiger partial charge in [0.1, 0.15) is 0 Å². The maximum atomic E-state index is 4.22. The SMILES string of the molecule is Cc1ccc([PH](Br)(c2ccc(C)cc2)c2ccc(C)cc2)cc1. The van der Waals surface area contributed by atoms with Gasteiger partial charge in [0.25, 0.3) is 0 Å². The molecule has 0 saturated carbocycles. The molecule has 118 valence electrons. The van der Waals surface area contributed by atoms with E-state index in [0.29, 0.717) is 0 Å². The van der Waals surface area contributed by atoms with Crippen LogP contribution in [0.2, 0.25) is 0 Å². The number of rotatable bonds is 3. The molecule has 0 aliphatic rings. The van der Waals surface area contributed by atoms with Crippen LogP contribution < -0.4 is 15.9 Å². The van der Waals surface area contributed by atoms with Crippen LogP contribution in [0.5, 0.6) is 0 Å². The van der Waals surface area contributed by atoms with Crippen molar-refractivity contribution in [1.82, 2.24) is 0 Å². The first-order chi connectivity index (χ1) is 11.0. The van der Waals surface area contributed by atoms with Gasteiger partial charge in [-0.1, -0.05) is 0 Å². The molecule has 0 saturated heterocycles. The minimum absolute atomic E-state index is 1.30. The number of hydrogen-bond acceptors (Lipinski definition) is 0. The fourth-order valence-corrected chi connectivity index (χ4v) is 8.11. The first-order valence-corrected chi connectivity index (χ1v) is 12.2. The van der Waals surface area contributed by atoms with Gasteiger partial charge >= 0.3 is 148 Å². The topological polar surface area (TPSA) is 0 Å². The van der Waals surface area contributed by atoms with E-state index in [1.165, 1.54) is 32.6 Å². The first kappa shape index (κ1) is 16.4. The molecule has 23 heavy (non-hydrogen) atoms. The Bertz CT molecular complexity index is 676. The molecule has 0 nitrogen and oxygen atoms in total. The molecule has 0 spiro atoms. The van der Waals surface area contributed by atoms with Gasteiger partial charge in [-0.25, -0.2) is 0 Å². The summed E-state index contributed by atoms with van der Waals surface area (Å²) >= 11 is 4.22. The van der Waals surface area contributed by atoms with E-state index in [1.807, 2.05) is 0 Å². The molecule has 0 N–H and O–H groups in total. The van der Waals surface area contributed by atoms with E-state index < -0.39 is 5.96 Å². The van der Waals surface area contributed by atoms with Crippen LogP contribution in [-0.4, -0.2) is 0 Å². The zero-order valence-corrected chi connectivity index (χ0v) is 16.4. The Morgan fingerprint density at radius 2 is 0.696 bits per heavy atom. The molecule has 3 aromatic carbocycles. The van der Waals surface area contributed by atoms with E-state index in [4.69, 9.17) is 0 Å². The number of halogens is 1. The second kappa shape index (κ2) is 6.59. The predicted octanol–water partition coefficient (Wildman–Crippen LogP) is 4.95. The zero-order chi connectivity index (χ0) is 16.4. The third-order valence-corrected chi connectivity index (χ3v) is 11.9. The molecule has 0 aliphatic carbocycles. The fourth-order valence-electron chi connectivity index (χ4n) is 2.85. The Kier molecular flexibility index (Phi) is 4.71. The van der Waals surface area contributed by atoms with Crippen LogP contribution in [0.3, 0.4) is 0 Å². The fraction of sp³-hybridized carbons (Fsp3) is 0.143. The van der Waals surface area contributed by atoms with Crippen molar-refractivity contribution in [3.63, 3.8) is 0 Å². The van der Waals surface area contributed by atoms with Gasteiger partial charge in [0.2, 0.25) is 0 Å². The number of aryl methyl sites for hydroxylation is 3. The first-order valence-electron chi connectivity index (χ1n) is 7.90. The molecule has 0 fully saturated rings. The van der Waals surface area contributed by atoms with E-state index in [-0.39, 0.29) is 0 Å². The van der Waals surface area contributed by atoms with Crippen LogP contribution in [0.1, 0.15) is 16.7 Å². The molecule has 2 heteroatoms. The zero-order valence-electron chi connectivity index (χ0n) is 13.8. The van der Waals surface area contributed by atoms with Crippen LogP contribution in [0.25, 0.3) is 0 Å². The van der Waals surface area contributed by atoms with E-state index in [2.05, 4.69) is 109 Å². The summed E-state index contributed by atoms with van der Waals surface area (Å²) in [5.41, 5.74) is 3.89. The Morgan fingerprint density at radius 1 is 0.478 bits per heavy atom. The van der Waals surface area contributed by atoms with Crippen molar-refractivity contribution in [1.29, 1.82) is 0 Å². The van der Waals surface area contributed by atoms with Gasteiger partial charge in [-0.3, -0.25) is 0 Å². The number of benzene rings is 3. The summed E-state index contributed by atoms with van der Waals surface area (Å²) in [5, 5.41) is 4.16. The van der Waals surface area contributed by atoms with Gasteiger partial charge in [-0.2, -0.15) is 0 Å². The van der Waals surface area contributed by atoms with Crippen LogP contribution >= 0.6 is 21.5 Å². The molecular weight excluding hydrogens is 363 g/mol. The average molecular weight is 385 g/mol. The molecule has 0 aromatic heterocycles. The number of hydrogen-bond donors (Lipinski definition) is 0. The summed E-state index contributed by atoms with van der Waals surface area (Å²) in [5.74, 6) is -2.13. The van der Waals surface area contributed by atoms with Crippen molar-refractivity contribution < 1.29 is 0 Å². The van der Waals surface area contributed by atoms with E-state index in [0.717, 1.165) is 0 Å². The Hall–Kier alpha value is -1.43. The van der Waals surface area contributed by atoms with Crippen molar-refractivity contribution in [3.8, 4) is 0 Å². The van der Waals surface area contributed by atoms with Gasteiger partial charge in [-0.05, 0) is 0 Å². The molecular formula is C21H22BrP. The minimum atomic E-state index is -2.13. The molecule has 0 unspecified atom stereocenters. The van der Waals surface area contributed by atoms with E-state index >= 15 is 0 Å². The van der Waals surface area contributed by atoms with E-state index in [9.17, 15) is 0 Å². The normalized spacial score (nSPS) is 12.2.